The van der Waals surface area contributed by atoms with Gasteiger partial charge in [0.15, 0.2) is 0 Å². The summed E-state index contributed by atoms with van der Waals surface area (Å²) in [5.74, 6) is 0.816. The molecule has 11 heteroatoms. The Morgan fingerprint density at radius 1 is 1.02 bits per heavy atom. The normalized spacial score (nSPS) is 17.2. The summed E-state index contributed by atoms with van der Waals surface area (Å²) in [6, 6.07) is 20.1. The van der Waals surface area contributed by atoms with E-state index < -0.39 is 18.2 Å². The molecule has 3 aromatic rings. The van der Waals surface area contributed by atoms with Crippen LogP contribution in [-0.4, -0.2) is 78.9 Å². The number of methoxy groups -OCH3 is 1. The van der Waals surface area contributed by atoms with Crippen LogP contribution in [0.2, 0.25) is 0 Å². The van der Waals surface area contributed by atoms with Crippen LogP contribution in [0.4, 0.5) is 26.7 Å². The summed E-state index contributed by atoms with van der Waals surface area (Å²) in [6.07, 6.45) is -0.465. The monoisotopic (exact) mass is 589 g/mol. The second kappa shape index (κ2) is 14.4. The van der Waals surface area contributed by atoms with Gasteiger partial charge in [-0.15, -0.1) is 0 Å². The molecule has 4 N–H and O–H groups in total. The first kappa shape index (κ1) is 31.2. The molecule has 1 aliphatic heterocycles. The Bertz CT molecular complexity index is 1400. The molecular formula is C32H39N5O6. The minimum absolute atomic E-state index is 0.0166. The summed E-state index contributed by atoms with van der Waals surface area (Å²) in [4.78, 5) is 42.3. The van der Waals surface area contributed by atoms with Gasteiger partial charge in [0.2, 0.25) is 5.91 Å². The molecule has 1 heterocycles. The highest BCUT2D eigenvalue weighted by atomic mass is 16.5. The number of anilines is 3. The molecule has 0 aliphatic carbocycles. The third kappa shape index (κ3) is 8.39. The largest absolute Gasteiger partial charge is 0.497 e. The van der Waals surface area contributed by atoms with Crippen LogP contribution in [-0.2, 0) is 11.2 Å². The van der Waals surface area contributed by atoms with Crippen LogP contribution in [0.3, 0.4) is 0 Å². The molecule has 0 unspecified atom stereocenters. The maximum absolute atomic E-state index is 13.5. The van der Waals surface area contributed by atoms with Gasteiger partial charge in [0.25, 0.3) is 0 Å². The van der Waals surface area contributed by atoms with Gasteiger partial charge in [-0.25, -0.2) is 9.59 Å². The van der Waals surface area contributed by atoms with E-state index in [1.54, 1.807) is 80.6 Å². The van der Waals surface area contributed by atoms with Crippen molar-refractivity contribution in [1.82, 2.24) is 9.80 Å². The third-order valence-electron chi connectivity index (χ3n) is 7.35. The van der Waals surface area contributed by atoms with Crippen LogP contribution in [0.25, 0.3) is 0 Å². The number of amides is 5. The van der Waals surface area contributed by atoms with E-state index in [-0.39, 0.29) is 37.4 Å². The van der Waals surface area contributed by atoms with E-state index in [1.807, 2.05) is 25.1 Å². The first-order valence-electron chi connectivity index (χ1n) is 14.2. The Morgan fingerprint density at radius 2 is 1.67 bits per heavy atom. The molecule has 11 nitrogen and oxygen atoms in total. The lowest BCUT2D eigenvalue weighted by Crippen LogP contribution is -2.48. The molecule has 1 aliphatic rings. The Balaban J connectivity index is 1.54. The predicted octanol–water partition coefficient (Wildman–Crippen LogP) is 4.65. The van der Waals surface area contributed by atoms with E-state index in [4.69, 9.17) is 9.47 Å². The first-order valence-corrected chi connectivity index (χ1v) is 14.2. The fourth-order valence-electron chi connectivity index (χ4n) is 4.79. The fraction of sp³-hybridized carbons (Fsp3) is 0.344. The number of carbonyl (C=O) groups excluding carboxylic acids is 3. The zero-order valence-corrected chi connectivity index (χ0v) is 24.9. The highest BCUT2D eigenvalue weighted by Crippen LogP contribution is 2.29. The molecular weight excluding hydrogens is 550 g/mol. The smallest absolute Gasteiger partial charge is 0.323 e. The van der Waals surface area contributed by atoms with Crippen molar-refractivity contribution in [3.8, 4) is 11.5 Å². The standard InChI is InChI=1S/C32H39N5O6/c1-21-18-37(22(2)20-38)30(39)17-23-16-26(34-31(40)33-24-8-6-5-7-9-24)12-15-28(23)43-29(21)19-36(3)32(41)35-25-10-13-27(42-4)14-11-25/h5-16,21-22,29,38H,17-20H2,1-4H3,(H,35,41)(H2,33,34,40)/t21-,22+,29-/m0/s1. The topological polar surface area (TPSA) is 132 Å². The number of aliphatic hydroxyl groups is 1. The number of aliphatic hydroxyl groups excluding tert-OH is 1. The first-order chi connectivity index (χ1) is 20.7. The average Bonchev–Trinajstić information content (AvgIpc) is 3.04. The number of likely N-dealkylation sites (N-methyl/N-ethyl adjacent to an activating group) is 1. The zero-order valence-electron chi connectivity index (χ0n) is 24.9. The molecule has 0 radical (unpaired) electrons. The number of hydrogen-bond acceptors (Lipinski definition) is 6. The van der Waals surface area contributed by atoms with Gasteiger partial charge >= 0.3 is 12.1 Å². The van der Waals surface area contributed by atoms with Gasteiger partial charge in [0.05, 0.1) is 32.7 Å². The average molecular weight is 590 g/mol. The highest BCUT2D eigenvalue weighted by Gasteiger charge is 2.32. The number of benzene rings is 3. The number of hydrogen-bond donors (Lipinski definition) is 4. The minimum atomic E-state index is -0.482. The molecule has 3 atom stereocenters. The van der Waals surface area contributed by atoms with Crippen LogP contribution in [0.5, 0.6) is 11.5 Å². The molecule has 228 valence electrons. The minimum Gasteiger partial charge on any atom is -0.497 e. The van der Waals surface area contributed by atoms with Gasteiger partial charge in [-0.2, -0.15) is 0 Å². The highest BCUT2D eigenvalue weighted by molar-refractivity contribution is 6.00. The van der Waals surface area contributed by atoms with E-state index in [0.717, 1.165) is 0 Å². The Morgan fingerprint density at radius 3 is 2.35 bits per heavy atom. The maximum Gasteiger partial charge on any atom is 0.323 e. The van der Waals surface area contributed by atoms with Crippen molar-refractivity contribution in [2.24, 2.45) is 5.92 Å². The van der Waals surface area contributed by atoms with Crippen molar-refractivity contribution in [2.75, 3.05) is 49.8 Å². The fourth-order valence-corrected chi connectivity index (χ4v) is 4.79. The van der Waals surface area contributed by atoms with Gasteiger partial charge < -0.3 is 40.3 Å². The lowest BCUT2D eigenvalue weighted by atomic mass is 10.0. The van der Waals surface area contributed by atoms with Crippen molar-refractivity contribution >= 4 is 35.0 Å². The SMILES string of the molecule is COc1ccc(NC(=O)N(C)C[C@@H]2Oc3ccc(NC(=O)Nc4ccccc4)cc3CC(=O)N([C@H](C)CO)C[C@@H]2C)cc1. The molecule has 0 aromatic heterocycles. The van der Waals surface area contributed by atoms with Gasteiger partial charge in [-0.05, 0) is 61.5 Å². The summed E-state index contributed by atoms with van der Waals surface area (Å²) >= 11 is 0. The van der Waals surface area contributed by atoms with Crippen LogP contribution in [0, 0.1) is 5.92 Å². The second-order valence-electron chi connectivity index (χ2n) is 10.7. The van der Waals surface area contributed by atoms with E-state index in [9.17, 15) is 19.5 Å². The third-order valence-corrected chi connectivity index (χ3v) is 7.35. The Kier molecular flexibility index (Phi) is 10.4. The number of ether oxygens (including phenoxy) is 2. The van der Waals surface area contributed by atoms with Crippen LogP contribution in [0.15, 0.2) is 72.8 Å². The second-order valence-corrected chi connectivity index (χ2v) is 10.7. The Hall–Kier alpha value is -4.77. The quantitative estimate of drug-likeness (QED) is 0.302. The van der Waals surface area contributed by atoms with Gasteiger partial charge in [0.1, 0.15) is 17.6 Å². The van der Waals surface area contributed by atoms with Crippen molar-refractivity contribution < 1.29 is 29.0 Å². The molecule has 5 amide bonds. The molecule has 3 aromatic carbocycles. The van der Waals surface area contributed by atoms with E-state index >= 15 is 0 Å². The number of para-hydroxylation sites is 1. The number of carbonyl (C=O) groups is 3. The molecule has 0 spiro atoms. The van der Waals surface area contributed by atoms with E-state index in [0.29, 0.717) is 40.7 Å². The molecule has 0 saturated heterocycles. The lowest BCUT2D eigenvalue weighted by Gasteiger charge is -2.34. The van der Waals surface area contributed by atoms with Crippen LogP contribution >= 0.6 is 0 Å². The van der Waals surface area contributed by atoms with Gasteiger partial charge in [0, 0.05) is 42.1 Å². The number of urea groups is 2. The molecule has 0 saturated carbocycles. The number of nitrogens with one attached hydrogen (secondary N) is 3. The van der Waals surface area contributed by atoms with E-state index in [1.165, 1.54) is 4.90 Å². The summed E-state index contributed by atoms with van der Waals surface area (Å²) in [5.41, 5.74) is 2.34. The van der Waals surface area contributed by atoms with Crippen molar-refractivity contribution in [2.45, 2.75) is 32.4 Å². The van der Waals surface area contributed by atoms with Crippen LogP contribution < -0.4 is 25.4 Å². The summed E-state index contributed by atoms with van der Waals surface area (Å²) in [5, 5.41) is 18.4. The number of nitrogens with zero attached hydrogens (tertiary/aromatic N) is 2. The zero-order chi connectivity index (χ0) is 30.9. The predicted molar refractivity (Wildman–Crippen MR) is 166 cm³/mol. The lowest BCUT2D eigenvalue weighted by molar-refractivity contribution is -0.134. The molecule has 43 heavy (non-hydrogen) atoms. The maximum atomic E-state index is 13.5. The molecule has 0 bridgehead atoms. The number of rotatable bonds is 8. The molecule has 4 rings (SSSR count). The van der Waals surface area contributed by atoms with E-state index in [2.05, 4.69) is 16.0 Å². The summed E-state index contributed by atoms with van der Waals surface area (Å²) in [7, 11) is 3.26. The Labute approximate surface area is 251 Å². The summed E-state index contributed by atoms with van der Waals surface area (Å²) < 4.78 is 11.7. The van der Waals surface area contributed by atoms with Crippen molar-refractivity contribution in [3.63, 3.8) is 0 Å². The summed E-state index contributed by atoms with van der Waals surface area (Å²) in [6.45, 7) is 4.12. The number of fused-ring (bicyclic) bond motifs is 1. The van der Waals surface area contributed by atoms with Crippen molar-refractivity contribution in [1.29, 1.82) is 0 Å². The van der Waals surface area contributed by atoms with Gasteiger partial charge in [-0.3, -0.25) is 4.79 Å². The van der Waals surface area contributed by atoms with Crippen LogP contribution in [0.1, 0.15) is 19.4 Å². The molecule has 0 fully saturated rings. The van der Waals surface area contributed by atoms with Crippen molar-refractivity contribution in [3.05, 3.63) is 78.4 Å². The van der Waals surface area contributed by atoms with Gasteiger partial charge in [-0.1, -0.05) is 25.1 Å².